The van der Waals surface area contributed by atoms with E-state index >= 15 is 0 Å². The second kappa shape index (κ2) is 15.9. The van der Waals surface area contributed by atoms with Crippen molar-refractivity contribution < 1.29 is 38.7 Å². The molecular weight excluding hydrogens is 504 g/mol. The number of nitrogens with two attached hydrogens (primary N) is 1. The van der Waals surface area contributed by atoms with Crippen LogP contribution in [0.3, 0.4) is 0 Å². The number of carbonyl (C=O) groups is 5. The molecule has 14 heteroatoms. The number of hydrogen-bond acceptors (Lipinski definition) is 10. The lowest BCUT2D eigenvalue weighted by atomic mass is 10.1. The number of esters is 2. The largest absolute Gasteiger partial charge is 0.466 e. The number of hydroxylamine groups is 1. The predicted molar refractivity (Wildman–Crippen MR) is 129 cm³/mol. The van der Waals surface area contributed by atoms with Crippen LogP contribution in [0.2, 0.25) is 5.02 Å². The second-order valence-electron chi connectivity index (χ2n) is 6.90. The highest BCUT2D eigenvalue weighted by Gasteiger charge is 2.27. The van der Waals surface area contributed by atoms with Gasteiger partial charge in [-0.15, -0.1) is 0 Å². The maximum atomic E-state index is 12.6. The monoisotopic (exact) mass is 532 g/mol. The zero-order chi connectivity index (χ0) is 26.4. The fraction of sp³-hybridized carbons (Fsp3) is 0.476. The topological polar surface area (TPSA) is 177 Å². The molecule has 194 valence electrons. The van der Waals surface area contributed by atoms with E-state index in [9.17, 15) is 29.2 Å². The first kappa shape index (κ1) is 30.2. The van der Waals surface area contributed by atoms with Crippen molar-refractivity contribution >= 4 is 58.0 Å². The van der Waals surface area contributed by atoms with Gasteiger partial charge in [0.1, 0.15) is 12.6 Å². The Bertz CT molecular complexity index is 887. The molecule has 0 saturated heterocycles. The first-order valence-electron chi connectivity index (χ1n) is 10.6. The Hall–Kier alpha value is -2.87. The average Bonchev–Trinajstić information content (AvgIpc) is 2.83. The predicted octanol–water partition coefficient (Wildman–Crippen LogP) is 1.22. The normalized spacial score (nSPS) is 12.1. The Kier molecular flexibility index (Phi) is 13.7. The summed E-state index contributed by atoms with van der Waals surface area (Å²) in [7, 11) is 0. The third kappa shape index (κ3) is 11.4. The van der Waals surface area contributed by atoms with E-state index < -0.39 is 47.6 Å². The number of carbonyl (C=O) groups excluding carboxylic acids is 5. The number of thioether (sulfide) groups is 1. The molecular formula is C21H29ClN4O8S. The van der Waals surface area contributed by atoms with Gasteiger partial charge in [0, 0.05) is 17.2 Å². The maximum Gasteiger partial charge on any atom is 0.325 e. The SMILES string of the molecule is CCOC(=O)CC[C@H](N)C(=O)N[C@@H](CSC(=O)N(O)c1ccc(Cl)cc1)C(=O)NCC(=O)OCC. The number of rotatable bonds is 13. The number of nitrogens with one attached hydrogen (secondary N) is 2. The molecule has 0 aliphatic carbocycles. The quantitative estimate of drug-likeness (QED) is 0.164. The summed E-state index contributed by atoms with van der Waals surface area (Å²) < 4.78 is 9.52. The lowest BCUT2D eigenvalue weighted by molar-refractivity contribution is -0.144. The van der Waals surface area contributed by atoms with Gasteiger partial charge in [-0.25, -0.2) is 0 Å². The fourth-order valence-electron chi connectivity index (χ4n) is 2.50. The molecule has 0 aliphatic rings. The van der Waals surface area contributed by atoms with E-state index in [0.717, 1.165) is 0 Å². The van der Waals surface area contributed by atoms with Gasteiger partial charge in [-0.3, -0.25) is 29.2 Å². The number of ether oxygens (including phenoxy) is 2. The van der Waals surface area contributed by atoms with Gasteiger partial charge >= 0.3 is 17.2 Å². The van der Waals surface area contributed by atoms with Gasteiger partial charge in [0.15, 0.2) is 0 Å². The van der Waals surface area contributed by atoms with Crippen molar-refractivity contribution in [3.63, 3.8) is 0 Å². The maximum absolute atomic E-state index is 12.6. The van der Waals surface area contributed by atoms with E-state index in [4.69, 9.17) is 26.8 Å². The van der Waals surface area contributed by atoms with Crippen LogP contribution >= 0.6 is 23.4 Å². The lowest BCUT2D eigenvalue weighted by Crippen LogP contribution is -2.53. The summed E-state index contributed by atoms with van der Waals surface area (Å²) in [6.45, 7) is 3.09. The van der Waals surface area contributed by atoms with Gasteiger partial charge in [-0.05, 0) is 44.5 Å². The molecule has 0 aliphatic heterocycles. The molecule has 0 unspecified atom stereocenters. The summed E-state index contributed by atoms with van der Waals surface area (Å²) >= 11 is 6.33. The van der Waals surface area contributed by atoms with Crippen molar-refractivity contribution in [3.05, 3.63) is 29.3 Å². The highest BCUT2D eigenvalue weighted by atomic mass is 35.5. The number of benzene rings is 1. The summed E-state index contributed by atoms with van der Waals surface area (Å²) in [5.74, 6) is -3.04. The first-order chi connectivity index (χ1) is 16.6. The Morgan fingerprint density at radius 2 is 1.66 bits per heavy atom. The summed E-state index contributed by atoms with van der Waals surface area (Å²) in [5.41, 5.74) is 5.94. The van der Waals surface area contributed by atoms with Crippen LogP contribution in [0, 0.1) is 0 Å². The molecule has 0 spiro atoms. The fourth-order valence-corrected chi connectivity index (χ4v) is 3.39. The molecule has 0 fully saturated rings. The van der Waals surface area contributed by atoms with Crippen LogP contribution < -0.4 is 21.4 Å². The molecule has 0 bridgehead atoms. The third-order valence-electron chi connectivity index (χ3n) is 4.26. The van der Waals surface area contributed by atoms with Crippen molar-refractivity contribution in [2.24, 2.45) is 5.73 Å². The van der Waals surface area contributed by atoms with Crippen LogP contribution in [0.4, 0.5) is 10.5 Å². The molecule has 1 aromatic carbocycles. The van der Waals surface area contributed by atoms with Crippen molar-refractivity contribution in [3.8, 4) is 0 Å². The molecule has 35 heavy (non-hydrogen) atoms. The molecule has 12 nitrogen and oxygen atoms in total. The molecule has 0 radical (unpaired) electrons. The number of nitrogens with zero attached hydrogens (tertiary/aromatic N) is 1. The molecule has 2 atom stereocenters. The van der Waals surface area contributed by atoms with Gasteiger partial charge in [0.2, 0.25) is 11.8 Å². The summed E-state index contributed by atoms with van der Waals surface area (Å²) in [6.07, 6.45) is -0.134. The zero-order valence-electron chi connectivity index (χ0n) is 19.3. The Morgan fingerprint density at radius 3 is 2.26 bits per heavy atom. The molecule has 0 aromatic heterocycles. The van der Waals surface area contributed by atoms with Crippen molar-refractivity contribution in [1.82, 2.24) is 10.6 Å². The molecule has 1 rings (SSSR count). The van der Waals surface area contributed by atoms with Crippen LogP contribution in [-0.2, 0) is 28.7 Å². The second-order valence-corrected chi connectivity index (χ2v) is 8.31. The molecule has 3 amide bonds. The first-order valence-corrected chi connectivity index (χ1v) is 12.0. The van der Waals surface area contributed by atoms with Crippen LogP contribution in [0.1, 0.15) is 26.7 Å². The van der Waals surface area contributed by atoms with Gasteiger partial charge in [-0.2, -0.15) is 5.06 Å². The smallest absolute Gasteiger partial charge is 0.325 e. The number of hydrogen-bond donors (Lipinski definition) is 4. The van der Waals surface area contributed by atoms with Crippen LogP contribution in [0.15, 0.2) is 24.3 Å². The summed E-state index contributed by atoms with van der Waals surface area (Å²) in [6, 6.07) is 3.34. The zero-order valence-corrected chi connectivity index (χ0v) is 20.9. The van der Waals surface area contributed by atoms with Gasteiger partial charge in [0.05, 0.1) is 24.9 Å². The molecule has 0 saturated carbocycles. The van der Waals surface area contributed by atoms with Gasteiger partial charge in [0.25, 0.3) is 0 Å². The lowest BCUT2D eigenvalue weighted by Gasteiger charge is -2.21. The van der Waals surface area contributed by atoms with Crippen LogP contribution in [-0.4, -0.2) is 71.8 Å². The van der Waals surface area contributed by atoms with Crippen molar-refractivity contribution in [1.29, 1.82) is 0 Å². The molecule has 1 aromatic rings. The highest BCUT2D eigenvalue weighted by molar-refractivity contribution is 8.13. The van der Waals surface area contributed by atoms with Gasteiger partial charge < -0.3 is 25.8 Å². The van der Waals surface area contributed by atoms with E-state index in [-0.39, 0.29) is 37.5 Å². The number of amides is 3. The minimum Gasteiger partial charge on any atom is -0.466 e. The van der Waals surface area contributed by atoms with E-state index in [1.807, 2.05) is 0 Å². The molecule has 0 heterocycles. The van der Waals surface area contributed by atoms with Crippen molar-refractivity contribution in [2.75, 3.05) is 30.6 Å². The summed E-state index contributed by atoms with van der Waals surface area (Å²) in [5, 5.41) is 14.8. The van der Waals surface area contributed by atoms with Crippen molar-refractivity contribution in [2.45, 2.75) is 38.8 Å². The Balaban J connectivity index is 2.79. The number of halogens is 1. The van der Waals surface area contributed by atoms with E-state index in [1.54, 1.807) is 13.8 Å². The van der Waals surface area contributed by atoms with Crippen LogP contribution in [0.25, 0.3) is 0 Å². The van der Waals surface area contributed by atoms with Gasteiger partial charge in [-0.1, -0.05) is 23.4 Å². The summed E-state index contributed by atoms with van der Waals surface area (Å²) in [4.78, 5) is 60.5. The van der Waals surface area contributed by atoms with E-state index in [1.165, 1.54) is 24.3 Å². The highest BCUT2D eigenvalue weighted by Crippen LogP contribution is 2.20. The Labute approximate surface area is 211 Å². The van der Waals surface area contributed by atoms with E-state index in [2.05, 4.69) is 10.6 Å². The minimum absolute atomic E-state index is 0.0328. The number of anilines is 1. The van der Waals surface area contributed by atoms with E-state index in [0.29, 0.717) is 21.8 Å². The standard InChI is InChI=1S/C21H29ClN4O8S/c1-3-33-17(27)10-9-15(23)19(29)25-16(20(30)24-11-18(28)34-4-2)12-35-21(31)26(32)14-7-5-13(22)6-8-14/h5-8,15-16,32H,3-4,9-12,23H2,1-2H3,(H,24,30)(H,25,29)/t15-,16-/m0/s1. The van der Waals surface area contributed by atoms with Crippen LogP contribution in [0.5, 0.6) is 0 Å². The molecule has 5 N–H and O–H groups in total. The third-order valence-corrected chi connectivity index (χ3v) is 5.44. The Morgan fingerprint density at radius 1 is 1.06 bits per heavy atom. The average molecular weight is 533 g/mol. The minimum atomic E-state index is -1.29.